The number of hydrogen-bond donors (Lipinski definition) is 0. The molecule has 0 unspecified atom stereocenters. The van der Waals surface area contributed by atoms with Crippen molar-refractivity contribution in [1.29, 1.82) is 0 Å². The van der Waals surface area contributed by atoms with Gasteiger partial charge in [0.05, 0.1) is 19.4 Å². The van der Waals surface area contributed by atoms with Crippen molar-refractivity contribution in [3.63, 3.8) is 0 Å². The second-order valence-electron chi connectivity index (χ2n) is 3.51. The van der Waals surface area contributed by atoms with Crippen molar-refractivity contribution >= 4 is 15.9 Å². The number of rotatable bonds is 5. The van der Waals surface area contributed by atoms with Gasteiger partial charge in [-0.05, 0) is 12.5 Å². The molecule has 0 atom stereocenters. The number of carbonyl (C=O) groups excluding carboxylic acids is 1. The third-order valence-electron chi connectivity index (χ3n) is 1.90. The summed E-state index contributed by atoms with van der Waals surface area (Å²) < 4.78 is 27.5. The summed E-state index contributed by atoms with van der Waals surface area (Å²) in [5.41, 5.74) is 1.17. The first-order chi connectivity index (χ1) is 7.29. The molecular formula is C9H14N2O4S. The second kappa shape index (κ2) is 4.75. The maximum Gasteiger partial charge on any atom is 0.264 e. The summed E-state index contributed by atoms with van der Waals surface area (Å²) >= 11 is 0. The van der Waals surface area contributed by atoms with E-state index in [1.54, 1.807) is 13.1 Å². The van der Waals surface area contributed by atoms with Crippen LogP contribution < -0.4 is 0 Å². The van der Waals surface area contributed by atoms with Crippen LogP contribution in [0.3, 0.4) is 0 Å². The van der Waals surface area contributed by atoms with Crippen LogP contribution in [-0.4, -0.2) is 36.8 Å². The molecule has 0 fully saturated rings. The van der Waals surface area contributed by atoms with Gasteiger partial charge < -0.3 is 0 Å². The van der Waals surface area contributed by atoms with Gasteiger partial charge in [-0.1, -0.05) is 0 Å². The summed E-state index contributed by atoms with van der Waals surface area (Å²) in [5, 5.41) is 4.02. The monoisotopic (exact) mass is 246 g/mol. The number of nitrogens with zero attached hydrogens (tertiary/aromatic N) is 2. The zero-order chi connectivity index (χ0) is 12.3. The number of Topliss-reactive ketones (excluding diaryl/α,β-unsaturated/α-hetero) is 1. The molecule has 7 heteroatoms. The SMILES string of the molecule is CC(=O)c1nn(CCOS(C)(=O)=O)cc1C. The van der Waals surface area contributed by atoms with Gasteiger partial charge in [-0.2, -0.15) is 13.5 Å². The first-order valence-electron chi connectivity index (χ1n) is 4.69. The van der Waals surface area contributed by atoms with Gasteiger partial charge in [-0.25, -0.2) is 0 Å². The van der Waals surface area contributed by atoms with Crippen LogP contribution in [0, 0.1) is 6.92 Å². The molecule has 6 nitrogen and oxygen atoms in total. The number of ketones is 1. The van der Waals surface area contributed by atoms with Crippen molar-refractivity contribution in [2.75, 3.05) is 12.9 Å². The fourth-order valence-corrected chi connectivity index (χ4v) is 1.64. The zero-order valence-electron chi connectivity index (χ0n) is 9.43. The van der Waals surface area contributed by atoms with E-state index in [1.807, 2.05) is 0 Å². The highest BCUT2D eigenvalue weighted by Crippen LogP contribution is 2.05. The summed E-state index contributed by atoms with van der Waals surface area (Å²) in [4.78, 5) is 11.1. The van der Waals surface area contributed by atoms with Crippen molar-refractivity contribution in [3.05, 3.63) is 17.5 Å². The summed E-state index contributed by atoms with van der Waals surface area (Å²) in [6.45, 7) is 3.52. The van der Waals surface area contributed by atoms with E-state index in [-0.39, 0.29) is 12.4 Å². The fraction of sp³-hybridized carbons (Fsp3) is 0.556. The Hall–Kier alpha value is -1.21. The summed E-state index contributed by atoms with van der Waals surface area (Å²) in [7, 11) is -3.42. The van der Waals surface area contributed by atoms with E-state index < -0.39 is 10.1 Å². The van der Waals surface area contributed by atoms with Crippen LogP contribution in [-0.2, 0) is 20.8 Å². The molecule has 90 valence electrons. The minimum atomic E-state index is -3.42. The molecule has 0 saturated carbocycles. The quantitative estimate of drug-likeness (QED) is 0.554. The number of hydrogen-bond acceptors (Lipinski definition) is 5. The lowest BCUT2D eigenvalue weighted by molar-refractivity contribution is 0.101. The van der Waals surface area contributed by atoms with Crippen LogP contribution in [0.2, 0.25) is 0 Å². The molecule has 1 rings (SSSR count). The molecule has 0 aromatic carbocycles. The topological polar surface area (TPSA) is 78.3 Å². The second-order valence-corrected chi connectivity index (χ2v) is 5.15. The molecule has 0 aliphatic carbocycles. The Morgan fingerprint density at radius 3 is 2.62 bits per heavy atom. The van der Waals surface area contributed by atoms with Gasteiger partial charge in [0.25, 0.3) is 10.1 Å². The third-order valence-corrected chi connectivity index (χ3v) is 2.49. The van der Waals surface area contributed by atoms with Crippen LogP contribution in [0.25, 0.3) is 0 Å². The predicted octanol–water partition coefficient (Wildman–Crippen LogP) is 0.370. The average Bonchev–Trinajstić information content (AvgIpc) is 2.44. The lowest BCUT2D eigenvalue weighted by Gasteiger charge is -2.01. The number of aryl methyl sites for hydroxylation is 1. The Kier molecular flexibility index (Phi) is 3.82. The molecular weight excluding hydrogens is 232 g/mol. The van der Waals surface area contributed by atoms with E-state index in [0.717, 1.165) is 11.8 Å². The lowest BCUT2D eigenvalue weighted by Crippen LogP contribution is -2.11. The average molecular weight is 246 g/mol. The van der Waals surface area contributed by atoms with Gasteiger partial charge in [0.2, 0.25) is 0 Å². The highest BCUT2D eigenvalue weighted by Gasteiger charge is 2.09. The molecule has 0 amide bonds. The van der Waals surface area contributed by atoms with E-state index in [9.17, 15) is 13.2 Å². The van der Waals surface area contributed by atoms with Gasteiger partial charge in [-0.15, -0.1) is 0 Å². The Morgan fingerprint density at radius 1 is 1.56 bits per heavy atom. The van der Waals surface area contributed by atoms with E-state index >= 15 is 0 Å². The van der Waals surface area contributed by atoms with Gasteiger partial charge in [-0.3, -0.25) is 13.7 Å². The molecule has 0 aliphatic heterocycles. The molecule has 0 N–H and O–H groups in total. The predicted molar refractivity (Wildman–Crippen MR) is 57.8 cm³/mol. The molecule has 1 heterocycles. The molecule has 0 spiro atoms. The highest BCUT2D eigenvalue weighted by molar-refractivity contribution is 7.85. The first-order valence-corrected chi connectivity index (χ1v) is 6.50. The Balaban J connectivity index is 2.62. The number of aromatic nitrogens is 2. The maximum atomic E-state index is 11.1. The molecule has 0 saturated heterocycles. The lowest BCUT2D eigenvalue weighted by atomic mass is 10.2. The van der Waals surface area contributed by atoms with Gasteiger partial charge in [0.1, 0.15) is 5.69 Å². The van der Waals surface area contributed by atoms with Crippen molar-refractivity contribution in [2.24, 2.45) is 0 Å². The van der Waals surface area contributed by atoms with Crippen LogP contribution in [0.15, 0.2) is 6.20 Å². The van der Waals surface area contributed by atoms with E-state index in [0.29, 0.717) is 12.2 Å². The molecule has 1 aromatic rings. The first kappa shape index (κ1) is 12.9. The molecule has 0 bridgehead atoms. The van der Waals surface area contributed by atoms with E-state index in [4.69, 9.17) is 0 Å². The van der Waals surface area contributed by atoms with Crippen LogP contribution in [0.1, 0.15) is 23.0 Å². The van der Waals surface area contributed by atoms with E-state index in [2.05, 4.69) is 9.28 Å². The third kappa shape index (κ3) is 3.74. The largest absolute Gasteiger partial charge is 0.293 e. The van der Waals surface area contributed by atoms with Crippen LogP contribution in [0.4, 0.5) is 0 Å². The van der Waals surface area contributed by atoms with Crippen LogP contribution >= 0.6 is 0 Å². The normalized spacial score (nSPS) is 11.7. The van der Waals surface area contributed by atoms with E-state index in [1.165, 1.54) is 11.6 Å². The minimum Gasteiger partial charge on any atom is -0.293 e. The standard InChI is InChI=1S/C9H14N2O4S/c1-7-6-11(10-9(7)8(2)12)4-5-15-16(3,13)14/h6H,4-5H2,1-3H3. The summed E-state index contributed by atoms with van der Waals surface area (Å²) in [6.07, 6.45) is 2.67. The van der Waals surface area contributed by atoms with Gasteiger partial charge in [0, 0.05) is 13.1 Å². The Labute approximate surface area is 94.3 Å². The molecule has 0 radical (unpaired) electrons. The van der Waals surface area contributed by atoms with Crippen molar-refractivity contribution in [3.8, 4) is 0 Å². The van der Waals surface area contributed by atoms with Crippen molar-refractivity contribution in [1.82, 2.24) is 9.78 Å². The fourth-order valence-electron chi connectivity index (χ4n) is 1.27. The van der Waals surface area contributed by atoms with Crippen molar-refractivity contribution < 1.29 is 17.4 Å². The Morgan fingerprint density at radius 2 is 2.19 bits per heavy atom. The number of carbonyl (C=O) groups is 1. The smallest absolute Gasteiger partial charge is 0.264 e. The molecule has 16 heavy (non-hydrogen) atoms. The van der Waals surface area contributed by atoms with Gasteiger partial charge in [0.15, 0.2) is 5.78 Å². The van der Waals surface area contributed by atoms with Crippen molar-refractivity contribution in [2.45, 2.75) is 20.4 Å². The van der Waals surface area contributed by atoms with Crippen LogP contribution in [0.5, 0.6) is 0 Å². The summed E-state index contributed by atoms with van der Waals surface area (Å²) in [6, 6.07) is 0. The molecule has 1 aromatic heterocycles. The zero-order valence-corrected chi connectivity index (χ0v) is 10.2. The van der Waals surface area contributed by atoms with Gasteiger partial charge >= 0.3 is 0 Å². The molecule has 0 aliphatic rings. The minimum absolute atomic E-state index is 0.0112. The maximum absolute atomic E-state index is 11.1. The highest BCUT2D eigenvalue weighted by atomic mass is 32.2. The Bertz CT molecular complexity index is 490. The summed E-state index contributed by atoms with van der Waals surface area (Å²) in [5.74, 6) is -0.111.